The van der Waals surface area contributed by atoms with Crippen LogP contribution in [0.3, 0.4) is 0 Å². The Balaban J connectivity index is 0.000000773. The van der Waals surface area contributed by atoms with Crippen molar-refractivity contribution in [2.45, 2.75) is 40.6 Å². The van der Waals surface area contributed by atoms with Gasteiger partial charge in [0.15, 0.2) is 0 Å². The normalized spacial score (nSPS) is 11.3. The van der Waals surface area contributed by atoms with Gasteiger partial charge in [-0.15, -0.1) is 0 Å². The molecule has 29 heteroatoms. The van der Waals surface area contributed by atoms with Crippen molar-refractivity contribution < 1.29 is 59.4 Å². The van der Waals surface area contributed by atoms with Crippen LogP contribution in [-0.2, 0) is 48.6 Å². The van der Waals surface area contributed by atoms with Crippen molar-refractivity contribution in [2.24, 2.45) is 32.2 Å². The molecular weight excluding hydrogens is 1010 g/mol. The van der Waals surface area contributed by atoms with Gasteiger partial charge < -0.3 is 79.7 Å². The molecule has 3 heterocycles. The molecule has 0 fully saturated rings. The quantitative estimate of drug-likeness (QED) is 0.0253. The number of hydrogen-bond acceptors (Lipinski definition) is 23. The number of aliphatic imine (C=N–C) groups is 3. The van der Waals surface area contributed by atoms with Gasteiger partial charge in [0.05, 0.1) is 56.5 Å². The van der Waals surface area contributed by atoms with Crippen molar-refractivity contribution in [2.75, 3.05) is 118 Å². The first-order chi connectivity index (χ1) is 36.9. The van der Waals surface area contributed by atoms with Gasteiger partial charge in [0.1, 0.15) is 36.9 Å². The fraction of sp³-hybridized carbons (Fsp3) is 0.500. The van der Waals surface area contributed by atoms with Gasteiger partial charge in [-0.05, 0) is 20.8 Å². The molecule has 0 aliphatic heterocycles. The third-order valence-corrected chi connectivity index (χ3v) is 11.0. The summed E-state index contributed by atoms with van der Waals surface area (Å²) in [6.07, 6.45) is 8.17. The molecule has 0 bridgehead atoms. The highest BCUT2D eigenvalue weighted by Gasteiger charge is 2.14. The van der Waals surface area contributed by atoms with Crippen LogP contribution in [0.1, 0.15) is 50.5 Å². The first kappa shape index (κ1) is 65.5. The van der Waals surface area contributed by atoms with Crippen LogP contribution in [0.15, 0.2) is 33.6 Å². The molecule has 0 saturated carbocycles. The second kappa shape index (κ2) is 37.2. The summed E-state index contributed by atoms with van der Waals surface area (Å²) >= 11 is 0. The summed E-state index contributed by atoms with van der Waals surface area (Å²) in [5.74, 6) is -2.30. The van der Waals surface area contributed by atoms with E-state index in [9.17, 15) is 59.4 Å². The predicted molar refractivity (Wildman–Crippen MR) is 285 cm³/mol. The van der Waals surface area contributed by atoms with E-state index in [1.807, 2.05) is 9.80 Å². The molecule has 3 rings (SSSR count). The van der Waals surface area contributed by atoms with Crippen molar-refractivity contribution in [3.8, 4) is 17.2 Å². The zero-order valence-corrected chi connectivity index (χ0v) is 43.8. The highest BCUT2D eigenvalue weighted by Crippen LogP contribution is 2.24. The molecular formula is C48H75N17O12. The zero-order chi connectivity index (χ0) is 57.1. The number of hydrogen-bond donors (Lipinski definition) is 15. The molecule has 0 aromatic carbocycles. The summed E-state index contributed by atoms with van der Waals surface area (Å²) in [5.41, 5.74) is 18.6. The second-order valence-corrected chi connectivity index (χ2v) is 16.7. The average molecular weight is 1080 g/mol. The van der Waals surface area contributed by atoms with Crippen LogP contribution in [0.5, 0.6) is 17.2 Å². The summed E-state index contributed by atoms with van der Waals surface area (Å²) in [7, 11) is 0. The fourth-order valence-electron chi connectivity index (χ4n) is 6.60. The lowest BCUT2D eigenvalue weighted by Crippen LogP contribution is -2.44. The number of rotatable bonds is 33. The number of nitrogens with one attached hydrogen (secondary N) is 6. The molecule has 0 aliphatic carbocycles. The maximum Gasteiger partial charge on any atom is 0.241 e. The van der Waals surface area contributed by atoms with E-state index >= 15 is 0 Å². The van der Waals surface area contributed by atoms with Crippen LogP contribution in [-0.4, -0.2) is 227 Å². The molecule has 3 aromatic rings. The third kappa shape index (κ3) is 25.2. The molecule has 29 nitrogen and oxygen atoms in total. The Morgan fingerprint density at radius 2 is 0.662 bits per heavy atom. The Bertz CT molecular complexity index is 2210. The van der Waals surface area contributed by atoms with E-state index in [-0.39, 0.29) is 130 Å². The SMILES string of the molecule is Cc1ncc(CO)c(C=NCC(=O)NCCN(CCNC(=O)CN=Cc2c(CO)cnc(C)c2O)CCNC(=O)CN=Cc2c(CO)cnc(C)c2O)c1O.NCC(=O)NCCN(CCNC(=O)CN)CCNC(=O)CN. The number of aliphatic hydroxyl groups is 3. The summed E-state index contributed by atoms with van der Waals surface area (Å²) in [4.78, 5) is 98.9. The average Bonchev–Trinajstić information content (AvgIpc) is 3.41. The van der Waals surface area contributed by atoms with Crippen LogP contribution >= 0.6 is 0 Å². The van der Waals surface area contributed by atoms with Crippen molar-refractivity contribution in [1.29, 1.82) is 0 Å². The fourth-order valence-corrected chi connectivity index (χ4v) is 6.60. The highest BCUT2D eigenvalue weighted by molar-refractivity contribution is 5.90. The lowest BCUT2D eigenvalue weighted by atomic mass is 10.1. The smallest absolute Gasteiger partial charge is 0.241 e. The summed E-state index contributed by atoms with van der Waals surface area (Å²) in [5, 5.41) is 75.7. The van der Waals surface area contributed by atoms with E-state index in [1.165, 1.54) is 37.2 Å². The number of aromatic nitrogens is 3. The minimum atomic E-state index is -0.399. The topological polar surface area (TPSA) is 456 Å². The van der Waals surface area contributed by atoms with Gasteiger partial charge in [-0.3, -0.25) is 68.5 Å². The molecule has 0 aliphatic rings. The highest BCUT2D eigenvalue weighted by atomic mass is 16.3. The second-order valence-electron chi connectivity index (χ2n) is 16.7. The van der Waals surface area contributed by atoms with Gasteiger partial charge in [-0.25, -0.2) is 0 Å². The maximum atomic E-state index is 12.5. The number of aliphatic hydroxyl groups excluding tert-OH is 3. The third-order valence-electron chi connectivity index (χ3n) is 11.0. The van der Waals surface area contributed by atoms with Crippen LogP contribution in [0.2, 0.25) is 0 Å². The van der Waals surface area contributed by atoms with E-state index in [2.05, 4.69) is 61.8 Å². The van der Waals surface area contributed by atoms with Gasteiger partial charge in [0.2, 0.25) is 35.4 Å². The first-order valence-electron chi connectivity index (χ1n) is 24.4. The standard InChI is InChI=1S/C36H48N10O9.C12H27N7O3/c1-22-34(53)28(25(19-47)10-43-22)13-37-16-31(50)40-4-7-46(8-5-41-32(51)17-38-14-29-26(20-48)11-44-23(2)35(29)54)9-6-42-33(52)18-39-15-30-27(21-49)12-45-24(3)36(30)55;13-7-10(20)16-1-4-19(5-2-17-11(21)8-14)6-3-18-12(22)9-15/h10-15,47-49,53-55H,4-9,16-21H2,1-3H3,(H,40,50)(H,41,51)(H,42,52);1-9,13-15H2,(H,16,20)(H,17,21)(H,18,22). The Labute approximate surface area is 446 Å². The van der Waals surface area contributed by atoms with Gasteiger partial charge >= 0.3 is 0 Å². The van der Waals surface area contributed by atoms with Gasteiger partial charge in [0, 0.05) is 149 Å². The number of aromatic hydroxyl groups is 3. The van der Waals surface area contributed by atoms with E-state index in [0.717, 1.165) is 0 Å². The predicted octanol–water partition coefficient (Wildman–Crippen LogP) is -5.79. The van der Waals surface area contributed by atoms with Crippen LogP contribution in [0.25, 0.3) is 0 Å². The molecule has 0 unspecified atom stereocenters. The van der Waals surface area contributed by atoms with E-state index in [1.54, 1.807) is 20.8 Å². The summed E-state index contributed by atoms with van der Waals surface area (Å²) in [6.45, 7) is 7.45. The Hall–Kier alpha value is -7.64. The van der Waals surface area contributed by atoms with Gasteiger partial charge in [-0.1, -0.05) is 0 Å². The Morgan fingerprint density at radius 1 is 0.442 bits per heavy atom. The van der Waals surface area contributed by atoms with E-state index in [4.69, 9.17) is 17.2 Å². The van der Waals surface area contributed by atoms with Crippen LogP contribution in [0.4, 0.5) is 0 Å². The van der Waals surface area contributed by atoms with Crippen LogP contribution < -0.4 is 49.1 Å². The molecule has 6 amide bonds. The van der Waals surface area contributed by atoms with Gasteiger partial charge in [0.25, 0.3) is 0 Å². The van der Waals surface area contributed by atoms with Crippen LogP contribution in [0, 0.1) is 20.8 Å². The van der Waals surface area contributed by atoms with Crippen molar-refractivity contribution in [3.05, 3.63) is 69.1 Å². The lowest BCUT2D eigenvalue weighted by molar-refractivity contribution is -0.120. The number of amides is 6. The largest absolute Gasteiger partial charge is 0.505 e. The number of aryl methyl sites for hydroxylation is 3. The minimum Gasteiger partial charge on any atom is -0.505 e. The number of carbonyl (C=O) groups excluding carboxylic acids is 6. The van der Waals surface area contributed by atoms with E-state index in [0.29, 0.717) is 92.7 Å². The molecule has 0 saturated heterocycles. The monoisotopic (exact) mass is 1080 g/mol. The summed E-state index contributed by atoms with van der Waals surface area (Å²) < 4.78 is 0. The molecule has 0 radical (unpaired) electrons. The molecule has 0 spiro atoms. The van der Waals surface area contributed by atoms with Crippen molar-refractivity contribution >= 4 is 54.1 Å². The lowest BCUT2D eigenvalue weighted by Gasteiger charge is -2.22. The van der Waals surface area contributed by atoms with Crippen molar-refractivity contribution in [1.82, 2.24) is 56.7 Å². The minimum absolute atomic E-state index is 0.0564. The molecule has 18 N–H and O–H groups in total. The number of carbonyl (C=O) groups is 6. The van der Waals surface area contributed by atoms with Crippen molar-refractivity contribution in [3.63, 3.8) is 0 Å². The Morgan fingerprint density at radius 3 is 0.870 bits per heavy atom. The summed E-state index contributed by atoms with van der Waals surface area (Å²) in [6, 6.07) is 0. The number of nitrogens with zero attached hydrogens (tertiary/aromatic N) is 8. The number of pyridine rings is 3. The number of nitrogens with two attached hydrogens (primary N) is 3. The first-order valence-corrected chi connectivity index (χ1v) is 24.4. The maximum absolute atomic E-state index is 12.5. The molecule has 424 valence electrons. The zero-order valence-electron chi connectivity index (χ0n) is 43.8. The van der Waals surface area contributed by atoms with E-state index < -0.39 is 17.7 Å². The Kier molecular flexibility index (Phi) is 31.6. The van der Waals surface area contributed by atoms with Gasteiger partial charge in [-0.2, -0.15) is 0 Å². The molecule has 0 atom stereocenters. The molecule has 3 aromatic heterocycles. The molecule has 77 heavy (non-hydrogen) atoms.